The van der Waals surface area contributed by atoms with Crippen molar-refractivity contribution in [3.63, 3.8) is 0 Å². The molecule has 1 atom stereocenters. The molecule has 0 fully saturated rings. The van der Waals surface area contributed by atoms with E-state index in [1.165, 1.54) is 0 Å². The van der Waals surface area contributed by atoms with E-state index in [9.17, 15) is 0 Å². The number of nitrogens with two attached hydrogens (primary N) is 1. The van der Waals surface area contributed by atoms with Crippen LogP contribution in [-0.4, -0.2) is 17.8 Å². The van der Waals surface area contributed by atoms with Gasteiger partial charge in [-0.15, -0.1) is 0 Å². The standard InChI is InChI=1S/C7H10BrNO2/c8-7-2-1-6(11-7)3-5(10)4-9/h1-2,5,10H,3-4,9H2. The Labute approximate surface area is 73.3 Å². The molecule has 0 aromatic carbocycles. The molecule has 1 aromatic heterocycles. The zero-order valence-electron chi connectivity index (χ0n) is 5.96. The predicted octanol–water partition coefficient (Wildman–Crippen LogP) is 0.904. The van der Waals surface area contributed by atoms with Gasteiger partial charge in [-0.25, -0.2) is 0 Å². The minimum Gasteiger partial charge on any atom is -0.454 e. The van der Waals surface area contributed by atoms with Crippen LogP contribution in [-0.2, 0) is 6.42 Å². The van der Waals surface area contributed by atoms with Crippen molar-refractivity contribution in [3.8, 4) is 0 Å². The predicted molar refractivity (Wildman–Crippen MR) is 45.2 cm³/mol. The highest BCUT2D eigenvalue weighted by molar-refractivity contribution is 9.10. The molecule has 1 aromatic rings. The van der Waals surface area contributed by atoms with Crippen molar-refractivity contribution in [3.05, 3.63) is 22.6 Å². The van der Waals surface area contributed by atoms with Gasteiger partial charge >= 0.3 is 0 Å². The Morgan fingerprint density at radius 1 is 1.64 bits per heavy atom. The largest absolute Gasteiger partial charge is 0.454 e. The highest BCUT2D eigenvalue weighted by Gasteiger charge is 2.05. The second-order valence-electron chi connectivity index (χ2n) is 2.30. The van der Waals surface area contributed by atoms with E-state index in [0.717, 1.165) is 5.76 Å². The van der Waals surface area contributed by atoms with E-state index in [1.807, 2.05) is 6.07 Å². The third-order valence-electron chi connectivity index (χ3n) is 1.34. The van der Waals surface area contributed by atoms with E-state index in [4.69, 9.17) is 15.3 Å². The number of aliphatic hydroxyl groups excluding tert-OH is 1. The molecule has 0 radical (unpaired) electrons. The maximum Gasteiger partial charge on any atom is 0.169 e. The molecule has 0 aliphatic heterocycles. The number of hydrogen-bond donors (Lipinski definition) is 2. The van der Waals surface area contributed by atoms with Crippen molar-refractivity contribution in [2.24, 2.45) is 5.73 Å². The van der Waals surface area contributed by atoms with Crippen molar-refractivity contribution in [1.29, 1.82) is 0 Å². The molecule has 0 spiro atoms. The quantitative estimate of drug-likeness (QED) is 0.795. The lowest BCUT2D eigenvalue weighted by atomic mass is 10.2. The van der Waals surface area contributed by atoms with Crippen LogP contribution in [0.15, 0.2) is 21.2 Å². The van der Waals surface area contributed by atoms with Crippen LogP contribution in [0.1, 0.15) is 5.76 Å². The number of halogens is 1. The Morgan fingerprint density at radius 3 is 2.82 bits per heavy atom. The van der Waals surface area contributed by atoms with Crippen LogP contribution >= 0.6 is 15.9 Å². The van der Waals surface area contributed by atoms with Gasteiger partial charge in [-0.05, 0) is 28.1 Å². The van der Waals surface area contributed by atoms with Gasteiger partial charge in [0.05, 0.1) is 6.10 Å². The molecule has 0 aliphatic carbocycles. The van der Waals surface area contributed by atoms with E-state index in [-0.39, 0.29) is 6.54 Å². The Balaban J connectivity index is 2.50. The van der Waals surface area contributed by atoms with Crippen molar-refractivity contribution >= 4 is 15.9 Å². The lowest BCUT2D eigenvalue weighted by Crippen LogP contribution is -2.21. The smallest absolute Gasteiger partial charge is 0.169 e. The summed E-state index contributed by atoms with van der Waals surface area (Å²) in [5.41, 5.74) is 5.22. The molecular formula is C7H10BrNO2. The van der Waals surface area contributed by atoms with E-state index in [1.54, 1.807) is 6.07 Å². The fourth-order valence-electron chi connectivity index (χ4n) is 0.777. The van der Waals surface area contributed by atoms with Gasteiger partial charge in [-0.1, -0.05) is 0 Å². The first kappa shape index (κ1) is 8.77. The lowest BCUT2D eigenvalue weighted by molar-refractivity contribution is 0.175. The average Bonchev–Trinajstić information content (AvgIpc) is 2.35. The second-order valence-corrected chi connectivity index (χ2v) is 3.08. The minimum atomic E-state index is -0.506. The summed E-state index contributed by atoms with van der Waals surface area (Å²) in [6.07, 6.45) is -0.0321. The Hall–Kier alpha value is -0.320. The van der Waals surface area contributed by atoms with Crippen LogP contribution in [0.5, 0.6) is 0 Å². The van der Waals surface area contributed by atoms with Crippen molar-refractivity contribution < 1.29 is 9.52 Å². The third-order valence-corrected chi connectivity index (χ3v) is 1.76. The first-order valence-corrected chi connectivity index (χ1v) is 4.14. The summed E-state index contributed by atoms with van der Waals surface area (Å²) in [5.74, 6) is 0.745. The summed E-state index contributed by atoms with van der Waals surface area (Å²) in [6.45, 7) is 0.262. The third kappa shape index (κ3) is 2.65. The first-order valence-electron chi connectivity index (χ1n) is 3.34. The molecule has 0 saturated carbocycles. The molecule has 1 heterocycles. The van der Waals surface area contributed by atoms with Crippen molar-refractivity contribution in [2.45, 2.75) is 12.5 Å². The van der Waals surface area contributed by atoms with Crippen molar-refractivity contribution in [2.75, 3.05) is 6.54 Å². The minimum absolute atomic E-state index is 0.262. The fourth-order valence-corrected chi connectivity index (χ4v) is 1.12. The van der Waals surface area contributed by atoms with Crippen LogP contribution < -0.4 is 5.73 Å². The number of hydrogen-bond acceptors (Lipinski definition) is 3. The Bertz CT molecular complexity index is 224. The maximum atomic E-state index is 9.12. The van der Waals surface area contributed by atoms with Gasteiger partial charge in [0.1, 0.15) is 5.76 Å². The summed E-state index contributed by atoms with van der Waals surface area (Å²) in [7, 11) is 0. The average molecular weight is 220 g/mol. The van der Waals surface area contributed by atoms with Gasteiger partial charge < -0.3 is 15.3 Å². The van der Waals surface area contributed by atoms with Gasteiger partial charge in [0.15, 0.2) is 4.67 Å². The van der Waals surface area contributed by atoms with Gasteiger partial charge in [-0.3, -0.25) is 0 Å². The topological polar surface area (TPSA) is 59.4 Å². The molecule has 4 heteroatoms. The first-order chi connectivity index (χ1) is 5.22. The molecular weight excluding hydrogens is 210 g/mol. The van der Waals surface area contributed by atoms with Gasteiger partial charge in [0, 0.05) is 13.0 Å². The van der Waals surface area contributed by atoms with Gasteiger partial charge in [0.2, 0.25) is 0 Å². The summed E-state index contributed by atoms with van der Waals surface area (Å²) < 4.78 is 5.83. The van der Waals surface area contributed by atoms with Crippen LogP contribution in [0.3, 0.4) is 0 Å². The molecule has 3 nitrogen and oxygen atoms in total. The lowest BCUT2D eigenvalue weighted by Gasteiger charge is -2.03. The summed E-state index contributed by atoms with van der Waals surface area (Å²) in [5, 5.41) is 9.12. The van der Waals surface area contributed by atoms with E-state index < -0.39 is 6.10 Å². The number of furan rings is 1. The maximum absolute atomic E-state index is 9.12. The zero-order chi connectivity index (χ0) is 8.27. The summed E-state index contributed by atoms with van der Waals surface area (Å²) in [6, 6.07) is 3.60. The molecule has 0 saturated heterocycles. The molecule has 0 aliphatic rings. The molecule has 1 unspecified atom stereocenters. The zero-order valence-corrected chi connectivity index (χ0v) is 7.54. The highest BCUT2D eigenvalue weighted by Crippen LogP contribution is 2.14. The second kappa shape index (κ2) is 3.90. The van der Waals surface area contributed by atoms with E-state index >= 15 is 0 Å². The molecule has 11 heavy (non-hydrogen) atoms. The van der Waals surface area contributed by atoms with Crippen LogP contribution in [0.4, 0.5) is 0 Å². The van der Waals surface area contributed by atoms with Crippen molar-refractivity contribution in [1.82, 2.24) is 0 Å². The highest BCUT2D eigenvalue weighted by atomic mass is 79.9. The van der Waals surface area contributed by atoms with Crippen LogP contribution in [0, 0.1) is 0 Å². The van der Waals surface area contributed by atoms with E-state index in [0.29, 0.717) is 11.1 Å². The van der Waals surface area contributed by atoms with Crippen LogP contribution in [0.2, 0.25) is 0 Å². The number of aliphatic hydroxyl groups is 1. The van der Waals surface area contributed by atoms with Gasteiger partial charge in [-0.2, -0.15) is 0 Å². The Morgan fingerprint density at radius 2 is 2.36 bits per heavy atom. The molecule has 3 N–H and O–H groups in total. The summed E-state index contributed by atoms with van der Waals surface area (Å²) in [4.78, 5) is 0. The monoisotopic (exact) mass is 219 g/mol. The van der Waals surface area contributed by atoms with E-state index in [2.05, 4.69) is 15.9 Å². The number of rotatable bonds is 3. The van der Waals surface area contributed by atoms with Crippen LogP contribution in [0.25, 0.3) is 0 Å². The summed E-state index contributed by atoms with van der Waals surface area (Å²) >= 11 is 3.16. The SMILES string of the molecule is NCC(O)Cc1ccc(Br)o1. The molecule has 0 bridgehead atoms. The van der Waals surface area contributed by atoms with Gasteiger partial charge in [0.25, 0.3) is 0 Å². The molecule has 0 amide bonds. The normalized spacial score (nSPS) is 13.4. The Kier molecular flexibility index (Phi) is 3.11. The molecule has 1 rings (SSSR count). The fraction of sp³-hybridized carbons (Fsp3) is 0.429. The molecule has 62 valence electrons.